The number of halogens is 3. The summed E-state index contributed by atoms with van der Waals surface area (Å²) >= 11 is 5.49. The van der Waals surface area contributed by atoms with E-state index in [0.717, 1.165) is 17.0 Å². The largest absolute Gasteiger partial charge is 0.465 e. The fraction of sp³-hybridized carbons (Fsp3) is 0.429. The number of hydrogen-bond acceptors (Lipinski definition) is 2. The van der Waals surface area contributed by atoms with Gasteiger partial charge in [0.2, 0.25) is 5.24 Å². The molecular weight excluding hydrogens is 304 g/mol. The summed E-state index contributed by atoms with van der Waals surface area (Å²) < 4.78 is 26.4. The number of carbonyl (C=O) groups excluding carboxylic acids is 1. The van der Waals surface area contributed by atoms with Crippen molar-refractivity contribution in [1.82, 2.24) is 4.90 Å². The maximum absolute atomic E-state index is 13.2. The third-order valence-electron chi connectivity index (χ3n) is 2.85. The molecule has 7 heteroatoms. The average Bonchev–Trinajstić information content (AvgIpc) is 2.23. The third kappa shape index (κ3) is 4.67. The van der Waals surface area contributed by atoms with Crippen molar-refractivity contribution in [2.24, 2.45) is 0 Å². The highest BCUT2D eigenvalue weighted by Gasteiger charge is 2.36. The predicted molar refractivity (Wildman–Crippen MR) is 74.3 cm³/mol. The van der Waals surface area contributed by atoms with Crippen molar-refractivity contribution in [3.8, 4) is 0 Å². The van der Waals surface area contributed by atoms with Crippen LogP contribution in [0.15, 0.2) is 18.2 Å². The van der Waals surface area contributed by atoms with Crippen molar-refractivity contribution in [1.29, 1.82) is 0 Å². The molecule has 0 bridgehead atoms. The molecule has 1 rings (SSSR count). The summed E-state index contributed by atoms with van der Waals surface area (Å²) in [5, 5.41) is 8.38. The first kappa shape index (κ1) is 17.4. The normalized spacial score (nSPS) is 12.9. The molecule has 4 nitrogen and oxygen atoms in total. The lowest BCUT2D eigenvalue weighted by Gasteiger charge is -2.38. The van der Waals surface area contributed by atoms with Crippen LogP contribution >= 0.6 is 11.6 Å². The molecule has 0 aliphatic rings. The Balaban J connectivity index is 3.17. The number of benzene rings is 1. The average molecular weight is 320 g/mol. The molecule has 1 amide bonds. The fourth-order valence-electron chi connectivity index (χ4n) is 2.11. The highest BCUT2D eigenvalue weighted by molar-refractivity contribution is 6.64. The first-order valence-corrected chi connectivity index (χ1v) is 6.56. The van der Waals surface area contributed by atoms with E-state index >= 15 is 0 Å². The topological polar surface area (TPSA) is 57.6 Å². The fourth-order valence-corrected chi connectivity index (χ4v) is 2.29. The smallest absolute Gasteiger partial charge is 0.408 e. The highest BCUT2D eigenvalue weighted by atomic mass is 35.5. The Morgan fingerprint density at radius 2 is 1.71 bits per heavy atom. The zero-order valence-electron chi connectivity index (χ0n) is 11.9. The summed E-state index contributed by atoms with van der Waals surface area (Å²) in [6, 6.07) is 1.54. The SMILES string of the molecule is CC(C)(C)N(C(=O)O)[C@@H](Cc1cc(F)cc(F)c1)C(=O)Cl. The van der Waals surface area contributed by atoms with Crippen molar-refractivity contribution in [2.75, 3.05) is 0 Å². The van der Waals surface area contributed by atoms with Crippen LogP contribution in [-0.4, -0.2) is 32.9 Å². The molecule has 0 aliphatic carbocycles. The van der Waals surface area contributed by atoms with Gasteiger partial charge in [0.15, 0.2) is 0 Å². The Morgan fingerprint density at radius 3 is 2.05 bits per heavy atom. The van der Waals surface area contributed by atoms with Gasteiger partial charge in [-0.2, -0.15) is 0 Å². The molecule has 0 saturated heterocycles. The van der Waals surface area contributed by atoms with Crippen LogP contribution in [0.2, 0.25) is 0 Å². The van der Waals surface area contributed by atoms with Gasteiger partial charge in [0.1, 0.15) is 17.7 Å². The Morgan fingerprint density at radius 1 is 1.24 bits per heavy atom. The molecule has 1 N–H and O–H groups in total. The lowest BCUT2D eigenvalue weighted by atomic mass is 9.99. The molecule has 0 aromatic heterocycles. The van der Waals surface area contributed by atoms with Crippen LogP contribution in [-0.2, 0) is 11.2 Å². The number of carbonyl (C=O) groups is 2. The van der Waals surface area contributed by atoms with Crippen molar-refractivity contribution in [3.05, 3.63) is 35.4 Å². The number of nitrogens with zero attached hydrogens (tertiary/aromatic N) is 1. The standard InChI is InChI=1S/C14H16ClF2NO3/c1-14(2,3)18(13(20)21)11(12(15)19)6-8-4-9(16)7-10(17)5-8/h4-5,7,11H,6H2,1-3H3,(H,20,21)/t11-/m0/s1. The van der Waals surface area contributed by atoms with E-state index in [1.54, 1.807) is 20.8 Å². The molecule has 0 saturated carbocycles. The van der Waals surface area contributed by atoms with Crippen molar-refractivity contribution in [2.45, 2.75) is 38.8 Å². The van der Waals surface area contributed by atoms with E-state index in [1.165, 1.54) is 0 Å². The summed E-state index contributed by atoms with van der Waals surface area (Å²) in [7, 11) is 0. The number of hydrogen-bond donors (Lipinski definition) is 1. The third-order valence-corrected chi connectivity index (χ3v) is 3.11. The molecule has 0 fully saturated rings. The minimum absolute atomic E-state index is 0.155. The second kappa shape index (κ2) is 6.39. The van der Waals surface area contributed by atoms with E-state index in [-0.39, 0.29) is 12.0 Å². The number of carboxylic acid groups (broad SMARTS) is 1. The van der Waals surface area contributed by atoms with Gasteiger partial charge >= 0.3 is 6.09 Å². The Labute approximate surface area is 126 Å². The summed E-state index contributed by atoms with van der Waals surface area (Å²) in [5.41, 5.74) is -0.741. The molecule has 0 aliphatic heterocycles. The second-order valence-corrected chi connectivity index (χ2v) is 6.00. The zero-order chi connectivity index (χ0) is 16.4. The van der Waals surface area contributed by atoms with Crippen LogP contribution in [0.4, 0.5) is 13.6 Å². The quantitative estimate of drug-likeness (QED) is 0.865. The molecule has 1 aromatic rings. The van der Waals surface area contributed by atoms with Crippen LogP contribution < -0.4 is 0 Å². The predicted octanol–water partition coefficient (Wildman–Crippen LogP) is 3.42. The van der Waals surface area contributed by atoms with E-state index in [4.69, 9.17) is 11.6 Å². The molecule has 0 radical (unpaired) electrons. The van der Waals surface area contributed by atoms with Gasteiger partial charge in [-0.1, -0.05) is 0 Å². The molecule has 0 heterocycles. The van der Waals surface area contributed by atoms with Crippen molar-refractivity contribution >= 4 is 22.9 Å². The van der Waals surface area contributed by atoms with Gasteiger partial charge in [0.05, 0.1) is 0 Å². The van der Waals surface area contributed by atoms with Gasteiger partial charge in [0.25, 0.3) is 0 Å². The molecule has 116 valence electrons. The van der Waals surface area contributed by atoms with Crippen LogP contribution in [0.1, 0.15) is 26.3 Å². The number of rotatable bonds is 4. The Hall–Kier alpha value is -1.69. The minimum atomic E-state index is -1.33. The summed E-state index contributed by atoms with van der Waals surface area (Å²) in [6.45, 7) is 4.79. The highest BCUT2D eigenvalue weighted by Crippen LogP contribution is 2.22. The van der Waals surface area contributed by atoms with Crippen LogP contribution in [0.5, 0.6) is 0 Å². The first-order valence-electron chi connectivity index (χ1n) is 6.19. The summed E-state index contributed by atoms with van der Waals surface area (Å²) in [5.74, 6) is -1.60. The molecule has 21 heavy (non-hydrogen) atoms. The molecular formula is C14H16ClF2NO3. The maximum Gasteiger partial charge on any atom is 0.408 e. The summed E-state index contributed by atoms with van der Waals surface area (Å²) in [6.07, 6.45) is -1.54. The van der Waals surface area contributed by atoms with E-state index in [0.29, 0.717) is 6.07 Å². The number of amides is 1. The zero-order valence-corrected chi connectivity index (χ0v) is 12.6. The van der Waals surface area contributed by atoms with Gasteiger partial charge in [-0.05, 0) is 50.1 Å². The Bertz CT molecular complexity index is 537. The molecule has 0 unspecified atom stereocenters. The first-order chi connectivity index (χ1) is 9.52. The van der Waals surface area contributed by atoms with Crippen molar-refractivity contribution in [3.63, 3.8) is 0 Å². The van der Waals surface area contributed by atoms with Crippen molar-refractivity contribution < 1.29 is 23.5 Å². The molecule has 1 atom stereocenters. The van der Waals surface area contributed by atoms with E-state index in [2.05, 4.69) is 0 Å². The van der Waals surface area contributed by atoms with Crippen LogP contribution in [0, 0.1) is 11.6 Å². The monoisotopic (exact) mass is 319 g/mol. The lowest BCUT2D eigenvalue weighted by molar-refractivity contribution is -0.117. The van der Waals surface area contributed by atoms with Gasteiger partial charge in [-0.25, -0.2) is 13.6 Å². The molecule has 1 aromatic carbocycles. The second-order valence-electron chi connectivity index (χ2n) is 5.63. The van der Waals surface area contributed by atoms with Gasteiger partial charge < -0.3 is 5.11 Å². The maximum atomic E-state index is 13.2. The van der Waals surface area contributed by atoms with E-state index < -0.39 is 34.6 Å². The lowest BCUT2D eigenvalue weighted by Crippen LogP contribution is -2.54. The van der Waals surface area contributed by atoms with Gasteiger partial charge in [-0.15, -0.1) is 0 Å². The minimum Gasteiger partial charge on any atom is -0.465 e. The van der Waals surface area contributed by atoms with Gasteiger partial charge in [0, 0.05) is 18.0 Å². The van der Waals surface area contributed by atoms with E-state index in [1.807, 2.05) is 0 Å². The summed E-state index contributed by atoms with van der Waals surface area (Å²) in [4.78, 5) is 23.8. The Kier molecular flexibility index (Phi) is 5.28. The van der Waals surface area contributed by atoms with Gasteiger partial charge in [-0.3, -0.25) is 9.69 Å². The van der Waals surface area contributed by atoms with Crippen LogP contribution in [0.3, 0.4) is 0 Å². The molecule has 0 spiro atoms. The van der Waals surface area contributed by atoms with Crippen LogP contribution in [0.25, 0.3) is 0 Å². The van der Waals surface area contributed by atoms with E-state index in [9.17, 15) is 23.5 Å².